The Balaban J connectivity index is 2.20. The van der Waals surface area contributed by atoms with Crippen molar-refractivity contribution in [3.05, 3.63) is 0 Å². The van der Waals surface area contributed by atoms with E-state index >= 15 is 0 Å². The Kier molecular flexibility index (Phi) is 3.79. The Hall–Kier alpha value is -0.160. The average Bonchev–Trinajstić information content (AvgIpc) is 2.47. The summed E-state index contributed by atoms with van der Waals surface area (Å²) >= 11 is 0. The summed E-state index contributed by atoms with van der Waals surface area (Å²) < 4.78 is 15.4. The molecule has 4 nitrogen and oxygen atoms in total. The number of hydrogen-bond acceptors (Lipinski definition) is 3. The first kappa shape index (κ1) is 8.93. The van der Waals surface area contributed by atoms with Crippen molar-refractivity contribution in [2.24, 2.45) is 0 Å². The highest BCUT2D eigenvalue weighted by atomic mass is 16.6. The van der Waals surface area contributed by atoms with Gasteiger partial charge in [-0.15, -0.1) is 0 Å². The Morgan fingerprint density at radius 1 is 1.45 bits per heavy atom. The van der Waals surface area contributed by atoms with Crippen molar-refractivity contribution >= 4 is 0 Å². The van der Waals surface area contributed by atoms with Gasteiger partial charge in [0.25, 0.3) is 0 Å². The summed E-state index contributed by atoms with van der Waals surface area (Å²) in [5, 5.41) is 10.1. The van der Waals surface area contributed by atoms with Gasteiger partial charge in [0.2, 0.25) is 0 Å². The highest BCUT2D eigenvalue weighted by Gasteiger charge is 2.28. The van der Waals surface area contributed by atoms with Gasteiger partial charge in [-0.2, -0.15) is 0 Å². The van der Waals surface area contributed by atoms with Crippen LogP contribution in [-0.2, 0) is 19.3 Å². The molecule has 0 N–H and O–H groups in total. The molecular weight excluding hydrogens is 148 g/mol. The Bertz CT molecular complexity index is 107. The van der Waals surface area contributed by atoms with E-state index in [0.717, 1.165) is 0 Å². The van der Waals surface area contributed by atoms with Gasteiger partial charge in [-0.1, -0.05) is 0 Å². The van der Waals surface area contributed by atoms with Crippen LogP contribution in [0, 0.1) is 0 Å². The fourth-order valence-corrected chi connectivity index (χ4v) is 1.09. The molecule has 0 bridgehead atoms. The molecule has 0 amide bonds. The Morgan fingerprint density at radius 2 is 2.18 bits per heavy atom. The lowest BCUT2D eigenvalue weighted by Gasteiger charge is -2.15. The van der Waals surface area contributed by atoms with E-state index in [9.17, 15) is 5.11 Å². The SMILES string of the molecule is COC1COCC1OCC[O]. The van der Waals surface area contributed by atoms with Crippen LogP contribution >= 0.6 is 0 Å². The maximum absolute atomic E-state index is 10.1. The summed E-state index contributed by atoms with van der Waals surface area (Å²) in [5.41, 5.74) is 0. The predicted molar refractivity (Wildman–Crippen MR) is 36.9 cm³/mol. The number of ether oxygens (including phenoxy) is 3. The third kappa shape index (κ3) is 2.41. The molecule has 0 saturated carbocycles. The van der Waals surface area contributed by atoms with Gasteiger partial charge in [-0.25, -0.2) is 5.11 Å². The third-order valence-electron chi connectivity index (χ3n) is 1.70. The molecule has 1 heterocycles. The molecule has 4 heteroatoms. The minimum Gasteiger partial charge on any atom is -0.376 e. The van der Waals surface area contributed by atoms with Crippen LogP contribution in [0.4, 0.5) is 0 Å². The smallest absolute Gasteiger partial charge is 0.109 e. The van der Waals surface area contributed by atoms with Crippen molar-refractivity contribution < 1.29 is 19.3 Å². The lowest BCUT2D eigenvalue weighted by Crippen LogP contribution is -2.29. The molecule has 11 heavy (non-hydrogen) atoms. The molecule has 1 fully saturated rings. The normalized spacial score (nSPS) is 31.1. The van der Waals surface area contributed by atoms with Crippen LogP contribution in [0.15, 0.2) is 0 Å². The Labute approximate surface area is 66.1 Å². The van der Waals surface area contributed by atoms with Gasteiger partial charge in [0, 0.05) is 7.11 Å². The molecule has 1 saturated heterocycles. The van der Waals surface area contributed by atoms with Crippen LogP contribution in [0.5, 0.6) is 0 Å². The zero-order valence-electron chi connectivity index (χ0n) is 6.62. The molecule has 1 aliphatic heterocycles. The van der Waals surface area contributed by atoms with E-state index in [-0.39, 0.29) is 25.4 Å². The molecule has 0 aliphatic carbocycles. The van der Waals surface area contributed by atoms with Crippen LogP contribution in [0.3, 0.4) is 0 Å². The fourth-order valence-electron chi connectivity index (χ4n) is 1.09. The van der Waals surface area contributed by atoms with Gasteiger partial charge in [0.15, 0.2) is 0 Å². The predicted octanol–water partition coefficient (Wildman–Crippen LogP) is -0.153. The minimum absolute atomic E-state index is 0.00144. The van der Waals surface area contributed by atoms with Crippen LogP contribution in [-0.4, -0.2) is 45.7 Å². The highest BCUT2D eigenvalue weighted by Crippen LogP contribution is 2.11. The second-order valence-electron chi connectivity index (χ2n) is 2.42. The summed E-state index contributed by atoms with van der Waals surface area (Å²) in [5.74, 6) is 0. The van der Waals surface area contributed by atoms with Crippen molar-refractivity contribution in [1.29, 1.82) is 0 Å². The van der Waals surface area contributed by atoms with E-state index in [4.69, 9.17) is 14.2 Å². The van der Waals surface area contributed by atoms with Crippen LogP contribution in [0.25, 0.3) is 0 Å². The third-order valence-corrected chi connectivity index (χ3v) is 1.70. The van der Waals surface area contributed by atoms with Gasteiger partial charge in [-0.3, -0.25) is 0 Å². The number of methoxy groups -OCH3 is 1. The average molecular weight is 161 g/mol. The maximum Gasteiger partial charge on any atom is 0.109 e. The van der Waals surface area contributed by atoms with E-state index in [0.29, 0.717) is 13.2 Å². The molecule has 1 aliphatic rings. The monoisotopic (exact) mass is 161 g/mol. The molecule has 1 rings (SSSR count). The minimum atomic E-state index is -0.201. The lowest BCUT2D eigenvalue weighted by molar-refractivity contribution is -0.0451. The van der Waals surface area contributed by atoms with E-state index in [1.807, 2.05) is 0 Å². The first-order chi connectivity index (χ1) is 5.38. The first-order valence-corrected chi connectivity index (χ1v) is 3.68. The molecule has 65 valence electrons. The van der Waals surface area contributed by atoms with Gasteiger partial charge < -0.3 is 14.2 Å². The first-order valence-electron chi connectivity index (χ1n) is 3.68. The fraction of sp³-hybridized carbons (Fsp3) is 1.00. The molecule has 0 spiro atoms. The van der Waals surface area contributed by atoms with Crippen molar-refractivity contribution in [2.45, 2.75) is 12.2 Å². The number of hydrogen-bond donors (Lipinski definition) is 0. The van der Waals surface area contributed by atoms with E-state index in [2.05, 4.69) is 0 Å². The zero-order chi connectivity index (χ0) is 8.10. The summed E-state index contributed by atoms with van der Waals surface area (Å²) in [6.07, 6.45) is -0.0458. The topological polar surface area (TPSA) is 47.6 Å². The Morgan fingerprint density at radius 3 is 2.82 bits per heavy atom. The van der Waals surface area contributed by atoms with Gasteiger partial charge in [0.05, 0.1) is 19.8 Å². The van der Waals surface area contributed by atoms with Crippen molar-refractivity contribution in [3.63, 3.8) is 0 Å². The van der Waals surface area contributed by atoms with Crippen molar-refractivity contribution in [1.82, 2.24) is 0 Å². The van der Waals surface area contributed by atoms with Gasteiger partial charge in [-0.05, 0) is 0 Å². The van der Waals surface area contributed by atoms with E-state index in [1.54, 1.807) is 7.11 Å². The van der Waals surface area contributed by atoms with E-state index in [1.165, 1.54) is 0 Å². The van der Waals surface area contributed by atoms with Crippen LogP contribution < -0.4 is 0 Å². The quantitative estimate of drug-likeness (QED) is 0.576. The molecule has 0 aromatic carbocycles. The molecule has 0 aromatic rings. The van der Waals surface area contributed by atoms with Gasteiger partial charge in [0.1, 0.15) is 18.8 Å². The summed E-state index contributed by atoms with van der Waals surface area (Å²) in [4.78, 5) is 0. The summed E-state index contributed by atoms with van der Waals surface area (Å²) in [6.45, 7) is 1.15. The number of rotatable bonds is 4. The molecule has 1 radical (unpaired) electrons. The van der Waals surface area contributed by atoms with Gasteiger partial charge >= 0.3 is 0 Å². The van der Waals surface area contributed by atoms with E-state index < -0.39 is 0 Å². The van der Waals surface area contributed by atoms with Crippen molar-refractivity contribution in [3.8, 4) is 0 Å². The summed E-state index contributed by atoms with van der Waals surface area (Å²) in [6, 6.07) is 0. The molecular formula is C7H13O4. The molecule has 2 atom stereocenters. The van der Waals surface area contributed by atoms with Crippen LogP contribution in [0.1, 0.15) is 0 Å². The molecule has 2 unspecified atom stereocenters. The second-order valence-corrected chi connectivity index (χ2v) is 2.42. The highest BCUT2D eigenvalue weighted by molar-refractivity contribution is 4.75. The second kappa shape index (κ2) is 4.66. The maximum atomic E-state index is 10.1. The standard InChI is InChI=1S/C7H13O4/c1-9-6-4-10-5-7(6)11-3-2-8/h6-7H,2-5H2,1H3. The van der Waals surface area contributed by atoms with Crippen LogP contribution in [0.2, 0.25) is 0 Å². The molecule has 0 aromatic heterocycles. The zero-order valence-corrected chi connectivity index (χ0v) is 6.62. The summed E-state index contributed by atoms with van der Waals surface area (Å²) in [7, 11) is 1.62. The lowest BCUT2D eigenvalue weighted by atomic mass is 10.2. The van der Waals surface area contributed by atoms with Crippen molar-refractivity contribution in [2.75, 3.05) is 33.5 Å². The largest absolute Gasteiger partial charge is 0.376 e.